The van der Waals surface area contributed by atoms with Crippen LogP contribution < -0.4 is 5.32 Å². The van der Waals surface area contributed by atoms with Gasteiger partial charge >= 0.3 is 7.82 Å². The van der Waals surface area contributed by atoms with Crippen molar-refractivity contribution in [3.8, 4) is 28.3 Å². The molecule has 1 aromatic carbocycles. The number of hydrogen-bond acceptors (Lipinski definition) is 8. The first-order valence-electron chi connectivity index (χ1n) is 13.2. The van der Waals surface area contributed by atoms with Gasteiger partial charge in [-0.3, -0.25) is 23.3 Å². The number of amides is 1. The van der Waals surface area contributed by atoms with Crippen molar-refractivity contribution in [3.05, 3.63) is 79.4 Å². The fraction of sp³-hybridized carbons (Fsp3) is 0.290. The van der Waals surface area contributed by atoms with Crippen molar-refractivity contribution in [1.82, 2.24) is 14.5 Å². The van der Waals surface area contributed by atoms with E-state index < -0.39 is 19.0 Å². The number of pyridine rings is 2. The van der Waals surface area contributed by atoms with E-state index in [-0.39, 0.29) is 12.6 Å². The number of nitriles is 1. The number of phosphoric ester groups is 1. The average molecular weight is 588 g/mol. The minimum absolute atomic E-state index is 0.172. The molecule has 0 aliphatic rings. The van der Waals surface area contributed by atoms with E-state index in [0.29, 0.717) is 16.9 Å². The van der Waals surface area contributed by atoms with Crippen LogP contribution in [0.25, 0.3) is 33.3 Å². The fourth-order valence-electron chi connectivity index (χ4n) is 4.15. The van der Waals surface area contributed by atoms with Crippen molar-refractivity contribution < 1.29 is 22.9 Å². The largest absolute Gasteiger partial charge is 0.477 e. The molecule has 1 N–H and O–H groups in total. The predicted octanol–water partition coefficient (Wildman–Crippen LogP) is 7.47. The van der Waals surface area contributed by atoms with Crippen molar-refractivity contribution in [2.75, 3.05) is 5.32 Å². The molecule has 3 heterocycles. The van der Waals surface area contributed by atoms with Gasteiger partial charge in [0.2, 0.25) is 5.91 Å². The molecular formula is C31H34N5O5P. The van der Waals surface area contributed by atoms with Gasteiger partial charge in [-0.1, -0.05) is 18.7 Å². The Balaban J connectivity index is 1.80. The zero-order chi connectivity index (χ0) is 30.7. The molecule has 10 nitrogen and oxygen atoms in total. The first-order chi connectivity index (χ1) is 19.7. The second-order valence-corrected chi connectivity index (χ2v) is 13.1. The molecule has 3 aromatic heterocycles. The van der Waals surface area contributed by atoms with Gasteiger partial charge in [0.25, 0.3) is 0 Å². The third-order valence-corrected chi connectivity index (χ3v) is 7.64. The van der Waals surface area contributed by atoms with Gasteiger partial charge in [-0.25, -0.2) is 9.55 Å². The van der Waals surface area contributed by atoms with Gasteiger partial charge in [-0.15, -0.1) is 0 Å². The van der Waals surface area contributed by atoms with Gasteiger partial charge in [0.05, 0.1) is 34.7 Å². The number of aromatic nitrogens is 3. The van der Waals surface area contributed by atoms with Gasteiger partial charge < -0.3 is 9.88 Å². The summed E-state index contributed by atoms with van der Waals surface area (Å²) in [7, 11) is -4.00. The van der Waals surface area contributed by atoms with Crippen LogP contribution in [0.2, 0.25) is 0 Å². The molecule has 218 valence electrons. The number of rotatable bonds is 9. The van der Waals surface area contributed by atoms with Crippen LogP contribution in [0, 0.1) is 11.3 Å². The van der Waals surface area contributed by atoms with E-state index in [2.05, 4.69) is 22.9 Å². The molecule has 4 rings (SSSR count). The van der Waals surface area contributed by atoms with Gasteiger partial charge in [0.15, 0.2) is 0 Å². The highest BCUT2D eigenvalue weighted by atomic mass is 31.2. The monoisotopic (exact) mass is 587 g/mol. The zero-order valence-electron chi connectivity index (χ0n) is 24.5. The maximum atomic E-state index is 13.7. The van der Waals surface area contributed by atoms with Gasteiger partial charge in [0, 0.05) is 40.7 Å². The van der Waals surface area contributed by atoms with E-state index >= 15 is 0 Å². The molecule has 42 heavy (non-hydrogen) atoms. The number of carbonyl (C=O) groups excluding carboxylic acids is 1. The number of nitrogens with one attached hydrogen (secondary N) is 1. The van der Waals surface area contributed by atoms with Gasteiger partial charge in [-0.2, -0.15) is 5.26 Å². The van der Waals surface area contributed by atoms with Gasteiger partial charge in [0.1, 0.15) is 12.4 Å². The average Bonchev–Trinajstić information content (AvgIpc) is 3.28. The Morgan fingerprint density at radius 1 is 1.05 bits per heavy atom. The highest BCUT2D eigenvalue weighted by Gasteiger charge is 2.37. The lowest BCUT2D eigenvalue weighted by molar-refractivity contribution is -0.111. The Morgan fingerprint density at radius 2 is 1.74 bits per heavy atom. The lowest BCUT2D eigenvalue weighted by atomic mass is 10.0. The minimum atomic E-state index is -4.00. The minimum Gasteiger partial charge on any atom is -0.321 e. The summed E-state index contributed by atoms with van der Waals surface area (Å²) in [5.74, 6) is -0.345. The Labute approximate surface area is 245 Å². The molecule has 0 aliphatic carbocycles. The fourth-order valence-corrected chi connectivity index (χ4v) is 5.90. The molecule has 0 saturated carbocycles. The van der Waals surface area contributed by atoms with Crippen molar-refractivity contribution in [3.63, 3.8) is 0 Å². The summed E-state index contributed by atoms with van der Waals surface area (Å²) in [4.78, 5) is 20.8. The van der Waals surface area contributed by atoms with E-state index in [1.165, 1.54) is 6.08 Å². The van der Waals surface area contributed by atoms with Crippen LogP contribution in [0.5, 0.6) is 0 Å². The molecule has 0 bridgehead atoms. The summed E-state index contributed by atoms with van der Waals surface area (Å²) in [6, 6.07) is 13.1. The molecule has 0 saturated heterocycles. The Hall–Kier alpha value is -4.13. The van der Waals surface area contributed by atoms with Crippen molar-refractivity contribution in [2.24, 2.45) is 0 Å². The summed E-state index contributed by atoms with van der Waals surface area (Å²) in [5.41, 5.74) is 3.05. The van der Waals surface area contributed by atoms with Crippen LogP contribution in [0.1, 0.15) is 47.1 Å². The highest BCUT2D eigenvalue weighted by Crippen LogP contribution is 2.55. The van der Waals surface area contributed by atoms with Crippen LogP contribution >= 0.6 is 7.82 Å². The number of hydrogen-bond donors (Lipinski definition) is 1. The van der Waals surface area contributed by atoms with Crippen LogP contribution in [-0.2, 0) is 29.7 Å². The van der Waals surface area contributed by atoms with Crippen molar-refractivity contribution in [1.29, 1.82) is 5.26 Å². The summed E-state index contributed by atoms with van der Waals surface area (Å²) in [6.07, 6.45) is 7.91. The quantitative estimate of drug-likeness (QED) is 0.158. The molecule has 0 aliphatic heterocycles. The second-order valence-electron chi connectivity index (χ2n) is 11.6. The standard InChI is InChI=1S/C31H34N5O5P/c1-8-28(37)35-25-13-23(16-33-18-25)24-14-26-27(22-11-9-10-21(12-22)15-32)19-36(29(26)34-17-24)20-39-42(38,40-30(2,3)4)41-31(5,6)7/h8-14,16-19H,1,20H2,2-7H3,(H,35,37). The predicted molar refractivity (Wildman–Crippen MR) is 162 cm³/mol. The molecular weight excluding hydrogens is 553 g/mol. The molecule has 0 spiro atoms. The number of benzene rings is 1. The number of fused-ring (bicyclic) bond motifs is 1. The van der Waals surface area contributed by atoms with Crippen LogP contribution in [0.15, 0.2) is 73.8 Å². The molecule has 0 atom stereocenters. The maximum absolute atomic E-state index is 13.7. The van der Waals surface area contributed by atoms with Crippen molar-refractivity contribution in [2.45, 2.75) is 59.5 Å². The summed E-state index contributed by atoms with van der Waals surface area (Å²) in [6.45, 7) is 14.0. The number of anilines is 1. The summed E-state index contributed by atoms with van der Waals surface area (Å²) in [5, 5.41) is 13.0. The van der Waals surface area contributed by atoms with E-state index in [0.717, 1.165) is 27.6 Å². The topological polar surface area (TPSA) is 128 Å². The van der Waals surface area contributed by atoms with E-state index in [4.69, 9.17) is 18.6 Å². The Kier molecular flexibility index (Phi) is 8.81. The maximum Gasteiger partial charge on any atom is 0.477 e. The van der Waals surface area contributed by atoms with Gasteiger partial charge in [-0.05, 0) is 77.4 Å². The molecule has 11 heteroatoms. The third kappa shape index (κ3) is 7.78. The second kappa shape index (κ2) is 12.0. The molecule has 1 amide bonds. The molecule has 0 radical (unpaired) electrons. The molecule has 4 aromatic rings. The Morgan fingerprint density at radius 3 is 2.38 bits per heavy atom. The highest BCUT2D eigenvalue weighted by molar-refractivity contribution is 7.48. The lowest BCUT2D eigenvalue weighted by Gasteiger charge is -2.30. The van der Waals surface area contributed by atoms with Crippen LogP contribution in [0.4, 0.5) is 5.69 Å². The number of phosphoric acid groups is 1. The number of carbonyl (C=O) groups is 1. The van der Waals surface area contributed by atoms with Crippen LogP contribution in [-0.4, -0.2) is 31.6 Å². The van der Waals surface area contributed by atoms with E-state index in [1.807, 2.05) is 24.4 Å². The van der Waals surface area contributed by atoms with Crippen LogP contribution in [0.3, 0.4) is 0 Å². The lowest BCUT2D eigenvalue weighted by Crippen LogP contribution is -2.25. The normalized spacial score (nSPS) is 12.2. The summed E-state index contributed by atoms with van der Waals surface area (Å²) < 4.78 is 32.9. The Bertz CT molecular complexity index is 1710. The number of nitrogens with zero attached hydrogens (tertiary/aromatic N) is 4. The molecule has 0 unspecified atom stereocenters. The zero-order valence-corrected chi connectivity index (χ0v) is 25.4. The first kappa shape index (κ1) is 30.8. The van der Waals surface area contributed by atoms with E-state index in [1.54, 1.807) is 82.9 Å². The van der Waals surface area contributed by atoms with E-state index in [9.17, 15) is 14.6 Å². The first-order valence-corrected chi connectivity index (χ1v) is 14.7. The summed E-state index contributed by atoms with van der Waals surface area (Å²) >= 11 is 0. The van der Waals surface area contributed by atoms with Crippen molar-refractivity contribution >= 4 is 30.5 Å². The smallest absolute Gasteiger partial charge is 0.321 e. The molecule has 0 fully saturated rings. The SMILES string of the molecule is C=CC(=O)Nc1cncc(-c2cnc3c(c2)c(-c2cccc(C#N)c2)cn3COP(=O)(OC(C)(C)C)OC(C)(C)C)c1. The third-order valence-electron chi connectivity index (χ3n) is 5.67.